The summed E-state index contributed by atoms with van der Waals surface area (Å²) in [7, 11) is 1.71. The van der Waals surface area contributed by atoms with Gasteiger partial charge in [-0.2, -0.15) is 0 Å². The molecule has 1 aliphatic heterocycles. The summed E-state index contributed by atoms with van der Waals surface area (Å²) in [4.78, 5) is 50.5. The highest BCUT2D eigenvalue weighted by atomic mass is 16.5. The molecule has 7 heteroatoms. The van der Waals surface area contributed by atoms with Crippen LogP contribution in [0.4, 0.5) is 11.4 Å². The fourth-order valence-electron chi connectivity index (χ4n) is 2.77. The lowest BCUT2D eigenvalue weighted by atomic mass is 10.0. The summed E-state index contributed by atoms with van der Waals surface area (Å²) >= 11 is 0. The molecule has 0 spiro atoms. The molecular weight excluding hydrogens is 336 g/mol. The van der Waals surface area contributed by atoms with Crippen LogP contribution in [0.3, 0.4) is 0 Å². The molecule has 1 aromatic rings. The van der Waals surface area contributed by atoms with E-state index in [2.05, 4.69) is 0 Å². The number of amides is 2. The zero-order valence-electron chi connectivity index (χ0n) is 15.4. The van der Waals surface area contributed by atoms with Crippen molar-refractivity contribution in [3.05, 3.63) is 35.5 Å². The van der Waals surface area contributed by atoms with Crippen LogP contribution in [0.15, 0.2) is 30.0 Å². The number of rotatable bonds is 5. The minimum absolute atomic E-state index is 0.0368. The van der Waals surface area contributed by atoms with Crippen LogP contribution >= 0.6 is 0 Å². The standard InChI is InChI=1S/C19H22N2O5/c1-5-26-19(25)16(12(2)22)11-21(13(3)23)15-7-8-17-14(10-15)6-9-18(24)20(17)4/h7-8,10-11H,5-6,9H2,1-4H3/b16-11+. The van der Waals surface area contributed by atoms with Crippen LogP contribution in [0.25, 0.3) is 0 Å². The van der Waals surface area contributed by atoms with Gasteiger partial charge in [0.1, 0.15) is 5.57 Å². The summed E-state index contributed by atoms with van der Waals surface area (Å²) in [6.45, 7) is 4.35. The monoisotopic (exact) mass is 358 g/mol. The fourth-order valence-corrected chi connectivity index (χ4v) is 2.77. The first kappa shape index (κ1) is 19.4. The number of esters is 1. The van der Waals surface area contributed by atoms with Crippen molar-refractivity contribution in [2.45, 2.75) is 33.6 Å². The molecule has 0 fully saturated rings. The first-order valence-corrected chi connectivity index (χ1v) is 8.35. The Labute approximate surface area is 152 Å². The van der Waals surface area contributed by atoms with Gasteiger partial charge in [0.15, 0.2) is 5.78 Å². The number of carbonyl (C=O) groups excluding carboxylic acids is 4. The highest BCUT2D eigenvalue weighted by molar-refractivity contribution is 6.17. The first-order chi connectivity index (χ1) is 12.3. The number of Topliss-reactive ketones (excluding diaryl/α,β-unsaturated/α-hetero) is 1. The number of hydrogen-bond donors (Lipinski definition) is 0. The molecule has 0 saturated heterocycles. The second kappa shape index (κ2) is 7.95. The van der Waals surface area contributed by atoms with E-state index in [9.17, 15) is 19.2 Å². The number of fused-ring (bicyclic) bond motifs is 1. The Bertz CT molecular complexity index is 797. The lowest BCUT2D eigenvalue weighted by Crippen LogP contribution is -2.31. The van der Waals surface area contributed by atoms with E-state index in [4.69, 9.17) is 4.74 Å². The molecule has 0 radical (unpaired) electrons. The van der Waals surface area contributed by atoms with Crippen molar-refractivity contribution in [3.63, 3.8) is 0 Å². The Morgan fingerprint density at radius 3 is 2.50 bits per heavy atom. The molecule has 0 N–H and O–H groups in total. The number of ether oxygens (including phenoxy) is 1. The molecule has 0 unspecified atom stereocenters. The number of ketones is 1. The summed E-state index contributed by atoms with van der Waals surface area (Å²) in [5.41, 5.74) is 2.02. The fraction of sp³-hybridized carbons (Fsp3) is 0.368. The molecule has 2 amide bonds. The molecule has 2 rings (SSSR count). The summed E-state index contributed by atoms with van der Waals surface area (Å²) in [5.74, 6) is -1.57. The van der Waals surface area contributed by atoms with Crippen molar-refractivity contribution in [1.82, 2.24) is 0 Å². The minimum atomic E-state index is -0.769. The Balaban J connectivity index is 2.46. The zero-order valence-corrected chi connectivity index (χ0v) is 15.4. The summed E-state index contributed by atoms with van der Waals surface area (Å²) in [6, 6.07) is 5.22. The topological polar surface area (TPSA) is 84.0 Å². The van der Waals surface area contributed by atoms with Gasteiger partial charge in [-0.1, -0.05) is 0 Å². The molecule has 0 saturated carbocycles. The third kappa shape index (κ3) is 3.99. The molecule has 0 aliphatic carbocycles. The number of carbonyl (C=O) groups is 4. The molecule has 1 aliphatic rings. The lowest BCUT2D eigenvalue weighted by Gasteiger charge is -2.27. The van der Waals surface area contributed by atoms with Crippen LogP contribution in [0.1, 0.15) is 32.8 Å². The van der Waals surface area contributed by atoms with Crippen LogP contribution in [-0.4, -0.2) is 37.2 Å². The first-order valence-electron chi connectivity index (χ1n) is 8.35. The van der Waals surface area contributed by atoms with Crippen molar-refractivity contribution >= 4 is 34.9 Å². The van der Waals surface area contributed by atoms with E-state index in [0.29, 0.717) is 18.5 Å². The average Bonchev–Trinajstić information content (AvgIpc) is 2.58. The SMILES string of the molecule is CCOC(=O)/C(=C/N(C(C)=O)c1ccc2c(c1)CCC(=O)N2C)C(C)=O. The molecular formula is C19H22N2O5. The van der Waals surface area contributed by atoms with E-state index in [1.807, 2.05) is 0 Å². The second-order valence-electron chi connectivity index (χ2n) is 5.97. The van der Waals surface area contributed by atoms with E-state index in [-0.39, 0.29) is 24.0 Å². The van der Waals surface area contributed by atoms with Gasteiger partial charge in [0.2, 0.25) is 11.8 Å². The quantitative estimate of drug-likeness (QED) is 0.348. The van der Waals surface area contributed by atoms with E-state index in [0.717, 1.165) is 11.3 Å². The van der Waals surface area contributed by atoms with E-state index in [1.165, 1.54) is 24.9 Å². The molecule has 0 atom stereocenters. The number of hydrogen-bond acceptors (Lipinski definition) is 5. The van der Waals surface area contributed by atoms with Crippen LogP contribution in [-0.2, 0) is 30.3 Å². The van der Waals surface area contributed by atoms with Crippen LogP contribution < -0.4 is 9.80 Å². The summed E-state index contributed by atoms with van der Waals surface area (Å²) in [5, 5.41) is 0. The van der Waals surface area contributed by atoms with E-state index in [1.54, 1.807) is 37.1 Å². The predicted molar refractivity (Wildman–Crippen MR) is 96.7 cm³/mol. The summed E-state index contributed by atoms with van der Waals surface area (Å²) < 4.78 is 4.89. The number of nitrogens with zero attached hydrogens (tertiary/aromatic N) is 2. The molecule has 7 nitrogen and oxygen atoms in total. The molecule has 138 valence electrons. The van der Waals surface area contributed by atoms with Gasteiger partial charge in [0.05, 0.1) is 6.61 Å². The van der Waals surface area contributed by atoms with Gasteiger partial charge >= 0.3 is 5.97 Å². The van der Waals surface area contributed by atoms with Crippen molar-refractivity contribution < 1.29 is 23.9 Å². The van der Waals surface area contributed by atoms with Crippen molar-refractivity contribution in [3.8, 4) is 0 Å². The molecule has 0 bridgehead atoms. The third-order valence-electron chi connectivity index (χ3n) is 4.16. The largest absolute Gasteiger partial charge is 0.462 e. The lowest BCUT2D eigenvalue weighted by molar-refractivity contribution is -0.139. The average molecular weight is 358 g/mol. The van der Waals surface area contributed by atoms with Gasteiger partial charge < -0.3 is 9.64 Å². The molecule has 1 heterocycles. The normalized spacial score (nSPS) is 13.9. The second-order valence-corrected chi connectivity index (χ2v) is 5.97. The van der Waals surface area contributed by atoms with Gasteiger partial charge in [0, 0.05) is 38.0 Å². The number of aryl methyl sites for hydroxylation is 1. The maximum Gasteiger partial charge on any atom is 0.343 e. The third-order valence-corrected chi connectivity index (χ3v) is 4.16. The Kier molecular flexibility index (Phi) is 5.92. The predicted octanol–water partition coefficient (Wildman–Crippen LogP) is 1.98. The maximum absolute atomic E-state index is 12.1. The van der Waals surface area contributed by atoms with E-state index < -0.39 is 11.8 Å². The minimum Gasteiger partial charge on any atom is -0.462 e. The van der Waals surface area contributed by atoms with Crippen LogP contribution in [0.5, 0.6) is 0 Å². The highest BCUT2D eigenvalue weighted by Crippen LogP contribution is 2.31. The van der Waals surface area contributed by atoms with Gasteiger partial charge in [-0.15, -0.1) is 0 Å². The smallest absolute Gasteiger partial charge is 0.343 e. The zero-order chi connectivity index (χ0) is 19.4. The Morgan fingerprint density at radius 1 is 1.23 bits per heavy atom. The maximum atomic E-state index is 12.1. The van der Waals surface area contributed by atoms with Gasteiger partial charge in [-0.3, -0.25) is 19.3 Å². The highest BCUT2D eigenvalue weighted by Gasteiger charge is 2.24. The Morgan fingerprint density at radius 2 is 1.92 bits per heavy atom. The number of benzene rings is 1. The number of anilines is 2. The van der Waals surface area contributed by atoms with Crippen molar-refractivity contribution in [2.75, 3.05) is 23.5 Å². The van der Waals surface area contributed by atoms with Gasteiger partial charge in [0.25, 0.3) is 0 Å². The van der Waals surface area contributed by atoms with Crippen molar-refractivity contribution in [1.29, 1.82) is 0 Å². The summed E-state index contributed by atoms with van der Waals surface area (Å²) in [6.07, 6.45) is 2.17. The van der Waals surface area contributed by atoms with Crippen LogP contribution in [0.2, 0.25) is 0 Å². The van der Waals surface area contributed by atoms with Crippen LogP contribution in [0, 0.1) is 0 Å². The van der Waals surface area contributed by atoms with E-state index >= 15 is 0 Å². The van der Waals surface area contributed by atoms with Crippen molar-refractivity contribution in [2.24, 2.45) is 0 Å². The molecule has 0 aromatic heterocycles. The molecule has 1 aromatic carbocycles. The van der Waals surface area contributed by atoms with Gasteiger partial charge in [-0.05, 0) is 44.0 Å². The van der Waals surface area contributed by atoms with Gasteiger partial charge in [-0.25, -0.2) is 4.79 Å². The molecule has 26 heavy (non-hydrogen) atoms. The Hall–Kier alpha value is -2.96.